The van der Waals surface area contributed by atoms with Gasteiger partial charge in [0.1, 0.15) is 12.0 Å². The first kappa shape index (κ1) is 15.7. The van der Waals surface area contributed by atoms with E-state index in [1.165, 1.54) is 23.0 Å². The zero-order chi connectivity index (χ0) is 17.2. The highest BCUT2D eigenvalue weighted by Gasteiger charge is 2.30. The van der Waals surface area contributed by atoms with Gasteiger partial charge in [-0.1, -0.05) is 18.2 Å². The average Bonchev–Trinajstić information content (AvgIpc) is 3.03. The lowest BCUT2D eigenvalue weighted by atomic mass is 10.1. The topological polar surface area (TPSA) is 59.0 Å². The molecule has 1 N–H and O–H groups in total. The summed E-state index contributed by atoms with van der Waals surface area (Å²) in [4.78, 5) is 16.0. The molecule has 5 nitrogen and oxygen atoms in total. The Morgan fingerprint density at radius 2 is 1.75 bits per heavy atom. The second-order valence-electron chi connectivity index (χ2n) is 4.83. The number of alkyl halides is 3. The van der Waals surface area contributed by atoms with Gasteiger partial charge in [-0.2, -0.15) is 32.8 Å². The molecule has 0 saturated heterocycles. The van der Waals surface area contributed by atoms with E-state index in [9.17, 15) is 18.0 Å². The first-order chi connectivity index (χ1) is 11.4. The monoisotopic (exact) mass is 334 g/mol. The van der Waals surface area contributed by atoms with Gasteiger partial charge in [-0.3, -0.25) is 0 Å². The molecule has 2 aromatic heterocycles. The number of amides is 1. The molecule has 0 unspecified atom stereocenters. The van der Waals surface area contributed by atoms with Crippen LogP contribution < -0.4 is 9.88 Å². The Labute approximate surface area is 134 Å². The Bertz CT molecular complexity index is 843. The summed E-state index contributed by atoms with van der Waals surface area (Å²) in [6.45, 7) is 0. The second-order valence-corrected chi connectivity index (χ2v) is 4.83. The van der Waals surface area contributed by atoms with Crippen LogP contribution in [0.4, 0.5) is 24.0 Å². The second kappa shape index (κ2) is 6.15. The van der Waals surface area contributed by atoms with Crippen molar-refractivity contribution in [2.24, 2.45) is 0 Å². The number of nitrogens with one attached hydrogen (secondary N) is 1. The fourth-order valence-electron chi connectivity index (χ4n) is 1.98. The summed E-state index contributed by atoms with van der Waals surface area (Å²) in [5.74, 6) is 0. The molecule has 0 aliphatic heterocycles. The zero-order valence-electron chi connectivity index (χ0n) is 12.1. The molecule has 0 atom stereocenters. The number of carbonyl (C=O) groups is 1. The normalized spacial score (nSPS) is 11.3. The molecular weight excluding hydrogens is 323 g/mol. The van der Waals surface area contributed by atoms with E-state index < -0.39 is 17.8 Å². The van der Waals surface area contributed by atoms with Gasteiger partial charge in [0, 0.05) is 5.56 Å². The van der Waals surface area contributed by atoms with Crippen molar-refractivity contribution in [3.05, 3.63) is 66.7 Å². The van der Waals surface area contributed by atoms with Gasteiger partial charge < -0.3 is 4.42 Å². The number of rotatable bonds is 2. The van der Waals surface area contributed by atoms with Gasteiger partial charge in [-0.25, -0.2) is 0 Å². The molecule has 0 aliphatic carbocycles. The number of pyridine rings is 1. The zero-order valence-corrected chi connectivity index (χ0v) is 12.1. The third kappa shape index (κ3) is 3.43. The van der Waals surface area contributed by atoms with Crippen LogP contribution in [0.15, 0.2) is 65.5 Å². The molecule has 0 bridgehead atoms. The number of nitrogens with zero attached hydrogens (tertiary/aromatic N) is 2. The Balaban J connectivity index is 1.75. The third-order valence-corrected chi connectivity index (χ3v) is 3.18. The van der Waals surface area contributed by atoms with Crippen molar-refractivity contribution in [3.8, 4) is 11.3 Å². The summed E-state index contributed by atoms with van der Waals surface area (Å²) in [6, 6.07) is 9.10. The molecule has 0 fully saturated rings. The smallest absolute Gasteiger partial charge is 0.414 e. The lowest BCUT2D eigenvalue weighted by Gasteiger charge is -2.06. The summed E-state index contributed by atoms with van der Waals surface area (Å²) < 4.78 is 44.1. The largest absolute Gasteiger partial charge is 0.504 e. The number of benzene rings is 1. The molecule has 8 heteroatoms. The SMILES string of the molecule is O=C(Nc1nc(-c2ccc(C(F)(F)F)cc2)co1)[n+]1ccccc1. The first-order valence-electron chi connectivity index (χ1n) is 6.84. The number of anilines is 1. The van der Waals surface area contributed by atoms with Gasteiger partial charge in [0.25, 0.3) is 0 Å². The minimum absolute atomic E-state index is 0.0498. The van der Waals surface area contributed by atoms with E-state index in [0.29, 0.717) is 11.3 Å². The fourth-order valence-corrected chi connectivity index (χ4v) is 1.98. The van der Waals surface area contributed by atoms with Crippen LogP contribution in [0.3, 0.4) is 0 Å². The summed E-state index contributed by atoms with van der Waals surface area (Å²) in [5, 5.41) is 2.45. The number of hydrogen-bond donors (Lipinski definition) is 1. The molecule has 0 saturated carbocycles. The highest BCUT2D eigenvalue weighted by atomic mass is 19.4. The molecule has 1 amide bonds. The van der Waals surface area contributed by atoms with Crippen molar-refractivity contribution < 1.29 is 27.0 Å². The Hall–Kier alpha value is -3.16. The van der Waals surface area contributed by atoms with Gasteiger partial charge in [-0.15, -0.1) is 0 Å². The predicted molar refractivity (Wildman–Crippen MR) is 78.0 cm³/mol. The van der Waals surface area contributed by atoms with Crippen LogP contribution in [0.25, 0.3) is 11.3 Å². The van der Waals surface area contributed by atoms with Crippen molar-refractivity contribution in [1.82, 2.24) is 4.98 Å². The van der Waals surface area contributed by atoms with Crippen LogP contribution in [-0.4, -0.2) is 11.0 Å². The number of hydrogen-bond acceptors (Lipinski definition) is 3. The highest BCUT2D eigenvalue weighted by molar-refractivity contribution is 5.79. The van der Waals surface area contributed by atoms with Crippen molar-refractivity contribution >= 4 is 12.0 Å². The van der Waals surface area contributed by atoms with E-state index in [2.05, 4.69) is 10.3 Å². The number of halogens is 3. The maximum Gasteiger partial charge on any atom is 0.504 e. The number of aromatic nitrogens is 2. The summed E-state index contributed by atoms with van der Waals surface area (Å²) in [5.41, 5.74) is 0.0143. The van der Waals surface area contributed by atoms with E-state index in [1.54, 1.807) is 30.6 Å². The van der Waals surface area contributed by atoms with E-state index in [4.69, 9.17) is 4.42 Å². The minimum atomic E-state index is -4.39. The van der Waals surface area contributed by atoms with Gasteiger partial charge >= 0.3 is 18.2 Å². The van der Waals surface area contributed by atoms with E-state index >= 15 is 0 Å². The molecule has 3 aromatic rings. The quantitative estimate of drug-likeness (QED) is 0.727. The van der Waals surface area contributed by atoms with Crippen LogP contribution in [-0.2, 0) is 6.18 Å². The van der Waals surface area contributed by atoms with Gasteiger partial charge in [0.2, 0.25) is 0 Å². The number of oxazole rings is 1. The molecule has 1 aromatic carbocycles. The summed E-state index contributed by atoms with van der Waals surface area (Å²) in [6.07, 6.45) is -0.0354. The molecular formula is C16H11F3N3O2+. The molecule has 0 spiro atoms. The van der Waals surface area contributed by atoms with Crippen molar-refractivity contribution in [3.63, 3.8) is 0 Å². The molecule has 122 valence electrons. The number of carbonyl (C=O) groups excluding carboxylic acids is 1. The molecule has 0 aliphatic rings. The molecule has 3 rings (SSSR count). The van der Waals surface area contributed by atoms with Crippen molar-refractivity contribution in [1.29, 1.82) is 0 Å². The van der Waals surface area contributed by atoms with E-state index in [0.717, 1.165) is 12.1 Å². The maximum atomic E-state index is 12.5. The van der Waals surface area contributed by atoms with Gasteiger partial charge in [0.15, 0.2) is 0 Å². The van der Waals surface area contributed by atoms with Gasteiger partial charge in [0.05, 0.1) is 18.0 Å². The van der Waals surface area contributed by atoms with Crippen molar-refractivity contribution in [2.75, 3.05) is 5.32 Å². The van der Waals surface area contributed by atoms with E-state index in [-0.39, 0.29) is 6.01 Å². The molecule has 2 heterocycles. The predicted octanol–water partition coefficient (Wildman–Crippen LogP) is 3.73. The molecule has 24 heavy (non-hydrogen) atoms. The van der Waals surface area contributed by atoms with E-state index in [1.807, 2.05) is 0 Å². The van der Waals surface area contributed by atoms with Crippen LogP contribution in [0, 0.1) is 0 Å². The lowest BCUT2D eigenvalue weighted by molar-refractivity contribution is -0.567. The maximum absolute atomic E-state index is 12.5. The van der Waals surface area contributed by atoms with Gasteiger partial charge in [-0.05, 0) is 24.3 Å². The fraction of sp³-hybridized carbons (Fsp3) is 0.0625. The van der Waals surface area contributed by atoms with Crippen LogP contribution >= 0.6 is 0 Å². The average molecular weight is 334 g/mol. The minimum Gasteiger partial charge on any atom is -0.414 e. The summed E-state index contributed by atoms with van der Waals surface area (Å²) >= 11 is 0. The molecule has 0 radical (unpaired) electrons. The van der Waals surface area contributed by atoms with Crippen molar-refractivity contribution in [2.45, 2.75) is 6.18 Å². The summed E-state index contributed by atoms with van der Waals surface area (Å²) in [7, 11) is 0. The Morgan fingerprint density at radius 1 is 1.08 bits per heavy atom. The standard InChI is InChI=1S/C16H10F3N3O2/c17-16(18,19)12-6-4-11(5-7-12)13-10-24-14(20-13)21-15(23)22-8-2-1-3-9-22/h1-10H/p+1. The Kier molecular flexibility index (Phi) is 4.03. The van der Waals surface area contributed by atoms with Crippen LogP contribution in [0.5, 0.6) is 0 Å². The first-order valence-corrected chi connectivity index (χ1v) is 6.84. The third-order valence-electron chi connectivity index (χ3n) is 3.18. The highest BCUT2D eigenvalue weighted by Crippen LogP contribution is 2.31. The van der Waals surface area contributed by atoms with Crippen LogP contribution in [0.1, 0.15) is 5.56 Å². The lowest BCUT2D eigenvalue weighted by Crippen LogP contribution is -2.45. The Morgan fingerprint density at radius 3 is 2.38 bits per heavy atom. The van der Waals surface area contributed by atoms with Crippen LogP contribution in [0.2, 0.25) is 0 Å².